The standard InChI is InChI=1S/C23H44N6O4/c1-14(2)13-17(24)21(31)28-18(9-6-7-11-26-15(3)4)23(33)29-12-8-10-19(29)22(32)27-16(5)20(25)30/h14-19,26H,6-13,24H2,1-5H3,(H2,25,30)(H,27,32)(H,28,31)/t16-,17-,18-,19-/m0/s1. The van der Waals surface area contributed by atoms with Gasteiger partial charge in [0.2, 0.25) is 23.6 Å². The minimum absolute atomic E-state index is 0.251. The maximum atomic E-state index is 13.4. The lowest BCUT2D eigenvalue weighted by Gasteiger charge is -2.30. The van der Waals surface area contributed by atoms with E-state index in [0.717, 1.165) is 19.4 Å². The topological polar surface area (TPSA) is 160 Å². The van der Waals surface area contributed by atoms with Gasteiger partial charge in [-0.3, -0.25) is 19.2 Å². The van der Waals surface area contributed by atoms with Crippen LogP contribution in [0.15, 0.2) is 0 Å². The van der Waals surface area contributed by atoms with Gasteiger partial charge in [-0.25, -0.2) is 0 Å². The molecule has 10 heteroatoms. The summed E-state index contributed by atoms with van der Waals surface area (Å²) < 4.78 is 0. The molecule has 0 aliphatic carbocycles. The molecule has 1 heterocycles. The van der Waals surface area contributed by atoms with Crippen molar-refractivity contribution in [3.05, 3.63) is 0 Å². The number of carbonyl (C=O) groups is 4. The van der Waals surface area contributed by atoms with Gasteiger partial charge >= 0.3 is 0 Å². The third-order valence-corrected chi connectivity index (χ3v) is 5.77. The van der Waals surface area contributed by atoms with E-state index in [1.165, 1.54) is 11.8 Å². The molecular weight excluding hydrogens is 424 g/mol. The van der Waals surface area contributed by atoms with Crippen molar-refractivity contribution in [2.45, 2.75) is 103 Å². The molecular formula is C23H44N6O4. The summed E-state index contributed by atoms with van der Waals surface area (Å²) in [6.07, 6.45) is 3.73. The molecule has 1 aliphatic rings. The number of nitrogens with two attached hydrogens (primary N) is 2. The van der Waals surface area contributed by atoms with Crippen molar-refractivity contribution in [2.24, 2.45) is 17.4 Å². The molecule has 0 saturated carbocycles. The molecule has 0 aromatic heterocycles. The first kappa shape index (κ1) is 28.8. The molecule has 1 aliphatic heterocycles. The number of nitrogens with one attached hydrogen (secondary N) is 3. The summed E-state index contributed by atoms with van der Waals surface area (Å²) in [5, 5.41) is 8.75. The van der Waals surface area contributed by atoms with E-state index in [0.29, 0.717) is 38.3 Å². The highest BCUT2D eigenvalue weighted by molar-refractivity contribution is 5.94. The molecule has 0 unspecified atom stereocenters. The van der Waals surface area contributed by atoms with Gasteiger partial charge in [0, 0.05) is 12.6 Å². The fraction of sp³-hybridized carbons (Fsp3) is 0.826. The Kier molecular flexibility index (Phi) is 12.4. The Morgan fingerprint density at radius 1 is 1.03 bits per heavy atom. The second-order valence-corrected chi connectivity index (χ2v) is 9.72. The second kappa shape index (κ2) is 14.1. The minimum atomic E-state index is -0.826. The molecule has 4 atom stereocenters. The van der Waals surface area contributed by atoms with E-state index in [9.17, 15) is 19.2 Å². The number of nitrogens with zero attached hydrogens (tertiary/aromatic N) is 1. The van der Waals surface area contributed by atoms with E-state index < -0.39 is 36.0 Å². The number of likely N-dealkylation sites (tertiary alicyclic amines) is 1. The predicted molar refractivity (Wildman–Crippen MR) is 128 cm³/mol. The molecule has 1 fully saturated rings. The van der Waals surface area contributed by atoms with Gasteiger partial charge in [-0.15, -0.1) is 0 Å². The molecule has 0 aromatic rings. The van der Waals surface area contributed by atoms with Gasteiger partial charge < -0.3 is 32.3 Å². The Hall–Kier alpha value is -2.20. The third-order valence-electron chi connectivity index (χ3n) is 5.77. The van der Waals surface area contributed by atoms with Crippen LogP contribution < -0.4 is 27.4 Å². The lowest BCUT2D eigenvalue weighted by atomic mass is 10.0. The van der Waals surface area contributed by atoms with E-state index in [1.807, 2.05) is 13.8 Å². The van der Waals surface area contributed by atoms with Gasteiger partial charge in [0.25, 0.3) is 0 Å². The largest absolute Gasteiger partial charge is 0.368 e. The van der Waals surface area contributed by atoms with Crippen molar-refractivity contribution < 1.29 is 19.2 Å². The van der Waals surface area contributed by atoms with Crippen LogP contribution in [0.4, 0.5) is 0 Å². The van der Waals surface area contributed by atoms with Crippen LogP contribution in [0.25, 0.3) is 0 Å². The van der Waals surface area contributed by atoms with Crippen molar-refractivity contribution in [1.82, 2.24) is 20.9 Å². The highest BCUT2D eigenvalue weighted by Gasteiger charge is 2.38. The highest BCUT2D eigenvalue weighted by Crippen LogP contribution is 2.20. The quantitative estimate of drug-likeness (QED) is 0.226. The van der Waals surface area contributed by atoms with Crippen LogP contribution in [0.1, 0.15) is 73.1 Å². The van der Waals surface area contributed by atoms with Gasteiger partial charge in [0.05, 0.1) is 6.04 Å². The number of hydrogen-bond donors (Lipinski definition) is 5. The number of unbranched alkanes of at least 4 members (excludes halogenated alkanes) is 1. The minimum Gasteiger partial charge on any atom is -0.368 e. The number of rotatable bonds is 14. The maximum absolute atomic E-state index is 13.4. The van der Waals surface area contributed by atoms with Crippen molar-refractivity contribution in [1.29, 1.82) is 0 Å². The first-order chi connectivity index (χ1) is 15.4. The van der Waals surface area contributed by atoms with Crippen LogP contribution in [0.5, 0.6) is 0 Å². The summed E-state index contributed by atoms with van der Waals surface area (Å²) in [4.78, 5) is 51.6. The van der Waals surface area contributed by atoms with E-state index >= 15 is 0 Å². The molecule has 0 spiro atoms. The summed E-state index contributed by atoms with van der Waals surface area (Å²) in [6.45, 7) is 10.8. The van der Waals surface area contributed by atoms with Gasteiger partial charge in [0.15, 0.2) is 0 Å². The molecule has 190 valence electrons. The maximum Gasteiger partial charge on any atom is 0.245 e. The van der Waals surface area contributed by atoms with Crippen LogP contribution in [0, 0.1) is 5.92 Å². The Balaban J connectivity index is 2.87. The van der Waals surface area contributed by atoms with E-state index in [2.05, 4.69) is 29.8 Å². The summed E-state index contributed by atoms with van der Waals surface area (Å²) in [5.74, 6) is -1.44. The Labute approximate surface area is 197 Å². The number of amides is 4. The van der Waals surface area contributed by atoms with Crippen molar-refractivity contribution in [3.63, 3.8) is 0 Å². The molecule has 1 saturated heterocycles. The zero-order valence-electron chi connectivity index (χ0n) is 20.9. The highest BCUT2D eigenvalue weighted by atomic mass is 16.2. The fourth-order valence-electron chi connectivity index (χ4n) is 3.90. The van der Waals surface area contributed by atoms with Crippen molar-refractivity contribution in [3.8, 4) is 0 Å². The molecule has 0 radical (unpaired) electrons. The van der Waals surface area contributed by atoms with Crippen LogP contribution >= 0.6 is 0 Å². The van der Waals surface area contributed by atoms with E-state index in [4.69, 9.17) is 11.5 Å². The van der Waals surface area contributed by atoms with Crippen LogP contribution in [0.3, 0.4) is 0 Å². The Morgan fingerprint density at radius 2 is 1.70 bits per heavy atom. The number of primary amides is 1. The third kappa shape index (κ3) is 10.1. The fourth-order valence-corrected chi connectivity index (χ4v) is 3.90. The zero-order valence-corrected chi connectivity index (χ0v) is 20.9. The molecule has 4 amide bonds. The van der Waals surface area contributed by atoms with Gasteiger partial charge in [0.1, 0.15) is 18.1 Å². The average molecular weight is 469 g/mol. The first-order valence-electron chi connectivity index (χ1n) is 12.1. The van der Waals surface area contributed by atoms with Crippen molar-refractivity contribution >= 4 is 23.6 Å². The molecule has 0 aromatic carbocycles. The predicted octanol–water partition coefficient (Wildman–Crippen LogP) is -0.00610. The SMILES string of the molecule is CC(C)C[C@H](N)C(=O)N[C@@H](CCCCNC(C)C)C(=O)N1CCC[C@H]1C(=O)N[C@@H](C)C(N)=O. The zero-order chi connectivity index (χ0) is 25.1. The summed E-state index contributed by atoms with van der Waals surface area (Å²) in [7, 11) is 0. The summed E-state index contributed by atoms with van der Waals surface area (Å²) in [5.41, 5.74) is 11.3. The second-order valence-electron chi connectivity index (χ2n) is 9.72. The molecule has 1 rings (SSSR count). The molecule has 0 bridgehead atoms. The van der Waals surface area contributed by atoms with Crippen LogP contribution in [0.2, 0.25) is 0 Å². The van der Waals surface area contributed by atoms with Gasteiger partial charge in [-0.2, -0.15) is 0 Å². The normalized spacial score (nSPS) is 18.8. The number of carbonyl (C=O) groups excluding carboxylic acids is 4. The molecule has 7 N–H and O–H groups in total. The van der Waals surface area contributed by atoms with Crippen LogP contribution in [-0.4, -0.2) is 71.8 Å². The lowest BCUT2D eigenvalue weighted by Crippen LogP contribution is -2.56. The van der Waals surface area contributed by atoms with Gasteiger partial charge in [-0.05, 0) is 57.9 Å². The number of hydrogen-bond acceptors (Lipinski definition) is 6. The molecule has 10 nitrogen and oxygen atoms in total. The lowest BCUT2D eigenvalue weighted by molar-refractivity contribution is -0.142. The van der Waals surface area contributed by atoms with Gasteiger partial charge in [-0.1, -0.05) is 27.7 Å². The monoisotopic (exact) mass is 468 g/mol. The Morgan fingerprint density at radius 3 is 2.27 bits per heavy atom. The van der Waals surface area contributed by atoms with Crippen molar-refractivity contribution in [2.75, 3.05) is 13.1 Å². The van der Waals surface area contributed by atoms with E-state index in [1.54, 1.807) is 0 Å². The summed E-state index contributed by atoms with van der Waals surface area (Å²) in [6, 6.07) is -2.59. The smallest absolute Gasteiger partial charge is 0.245 e. The van der Waals surface area contributed by atoms with Crippen LogP contribution in [-0.2, 0) is 19.2 Å². The summed E-state index contributed by atoms with van der Waals surface area (Å²) >= 11 is 0. The molecule has 33 heavy (non-hydrogen) atoms. The average Bonchev–Trinajstić information content (AvgIpc) is 3.21. The first-order valence-corrected chi connectivity index (χ1v) is 12.1. The Bertz CT molecular complexity index is 669. The van der Waals surface area contributed by atoms with E-state index in [-0.39, 0.29) is 17.7 Å².